The van der Waals surface area contributed by atoms with Gasteiger partial charge in [-0.15, -0.1) is 10.2 Å². The molecule has 0 spiro atoms. The molecule has 1 N–H and O–H groups in total. The van der Waals surface area contributed by atoms with Crippen molar-refractivity contribution in [2.75, 3.05) is 0 Å². The summed E-state index contributed by atoms with van der Waals surface area (Å²) in [4.78, 5) is 0. The lowest BCUT2D eigenvalue weighted by atomic mass is 10.1. The number of aromatic nitrogens is 3. The Balaban J connectivity index is 2.56. The number of nitrogens with zero attached hydrogens (tertiary/aromatic N) is 3. The summed E-state index contributed by atoms with van der Waals surface area (Å²) >= 11 is 3.49. The third-order valence-electron chi connectivity index (χ3n) is 2.84. The molecule has 0 aliphatic carbocycles. The number of aliphatic hydroxyl groups excluding tert-OH is 1. The highest BCUT2D eigenvalue weighted by Crippen LogP contribution is 2.26. The highest BCUT2D eigenvalue weighted by atomic mass is 79.9. The lowest BCUT2D eigenvalue weighted by Crippen LogP contribution is -2.08. The van der Waals surface area contributed by atoms with Crippen LogP contribution in [0.1, 0.15) is 31.3 Å². The van der Waals surface area contributed by atoms with Gasteiger partial charge in [0, 0.05) is 16.1 Å². The number of aryl methyl sites for hydroxylation is 1. The molecule has 0 bridgehead atoms. The normalized spacial score (nSPS) is 11.2. The van der Waals surface area contributed by atoms with Crippen LogP contribution >= 0.6 is 15.9 Å². The maximum atomic E-state index is 9.30. The molecule has 0 aliphatic heterocycles. The van der Waals surface area contributed by atoms with E-state index in [1.807, 2.05) is 23.6 Å². The molecule has 0 radical (unpaired) electrons. The summed E-state index contributed by atoms with van der Waals surface area (Å²) in [5, 5.41) is 17.5. The molecule has 1 aromatic carbocycles. The fourth-order valence-corrected chi connectivity index (χ4v) is 2.20. The summed E-state index contributed by atoms with van der Waals surface area (Å²) in [5.41, 5.74) is 2.16. The van der Waals surface area contributed by atoms with Crippen molar-refractivity contribution in [2.24, 2.45) is 0 Å². The Morgan fingerprint density at radius 3 is 2.61 bits per heavy atom. The summed E-state index contributed by atoms with van der Waals surface area (Å²) in [6, 6.07) is 6.28. The van der Waals surface area contributed by atoms with Crippen molar-refractivity contribution in [2.45, 2.75) is 33.4 Å². The van der Waals surface area contributed by atoms with Crippen LogP contribution in [-0.4, -0.2) is 19.9 Å². The van der Waals surface area contributed by atoms with Crippen LogP contribution in [0, 0.1) is 6.92 Å². The Labute approximate surface area is 115 Å². The van der Waals surface area contributed by atoms with Crippen molar-refractivity contribution in [1.29, 1.82) is 0 Å². The summed E-state index contributed by atoms with van der Waals surface area (Å²) in [6.07, 6.45) is 0. The minimum Gasteiger partial charge on any atom is -0.388 e. The smallest absolute Gasteiger partial charge is 0.164 e. The van der Waals surface area contributed by atoms with Crippen molar-refractivity contribution >= 4 is 15.9 Å². The first-order valence-corrected chi connectivity index (χ1v) is 6.65. The van der Waals surface area contributed by atoms with E-state index in [1.165, 1.54) is 0 Å². The van der Waals surface area contributed by atoms with E-state index in [0.717, 1.165) is 21.4 Å². The van der Waals surface area contributed by atoms with Crippen molar-refractivity contribution in [3.63, 3.8) is 0 Å². The second-order valence-corrected chi connectivity index (χ2v) is 5.38. The highest BCUT2D eigenvalue weighted by Gasteiger charge is 2.15. The first-order valence-electron chi connectivity index (χ1n) is 5.85. The van der Waals surface area contributed by atoms with Crippen molar-refractivity contribution < 1.29 is 5.11 Å². The second-order valence-electron chi connectivity index (χ2n) is 4.53. The minimum atomic E-state index is -0.0965. The molecule has 1 aromatic heterocycles. The topological polar surface area (TPSA) is 50.9 Å². The Morgan fingerprint density at radius 2 is 2.06 bits per heavy atom. The standard InChI is InChI=1S/C13H16BrN3O/c1-8(2)17-12(7-18)15-16-13(17)10-4-5-11(14)9(3)6-10/h4-6,8,18H,7H2,1-3H3. The maximum absolute atomic E-state index is 9.30. The first-order chi connectivity index (χ1) is 8.54. The summed E-state index contributed by atoms with van der Waals surface area (Å²) in [5.74, 6) is 1.39. The number of benzene rings is 1. The molecule has 2 rings (SSSR count). The summed E-state index contributed by atoms with van der Waals surface area (Å²) in [6.45, 7) is 6.05. The molecule has 0 atom stereocenters. The lowest BCUT2D eigenvalue weighted by molar-refractivity contribution is 0.262. The molecular formula is C13H16BrN3O. The Hall–Kier alpha value is -1.20. The number of aliphatic hydroxyl groups is 1. The molecule has 5 heteroatoms. The zero-order valence-electron chi connectivity index (χ0n) is 10.7. The van der Waals surface area contributed by atoms with Crippen LogP contribution in [0.2, 0.25) is 0 Å². The average molecular weight is 310 g/mol. The van der Waals surface area contributed by atoms with E-state index in [-0.39, 0.29) is 12.6 Å². The number of hydrogen-bond acceptors (Lipinski definition) is 3. The molecule has 4 nitrogen and oxygen atoms in total. The number of hydrogen-bond donors (Lipinski definition) is 1. The molecule has 18 heavy (non-hydrogen) atoms. The van der Waals surface area contributed by atoms with Gasteiger partial charge in [-0.05, 0) is 38.5 Å². The quantitative estimate of drug-likeness (QED) is 0.948. The zero-order chi connectivity index (χ0) is 13.3. The van der Waals surface area contributed by atoms with Crippen molar-refractivity contribution in [3.8, 4) is 11.4 Å². The first kappa shape index (κ1) is 13.2. The third kappa shape index (κ3) is 2.33. The fourth-order valence-electron chi connectivity index (χ4n) is 1.95. The molecule has 1 heterocycles. The van der Waals surface area contributed by atoms with Gasteiger partial charge in [0.2, 0.25) is 0 Å². The predicted octanol–water partition coefficient (Wildman–Crippen LogP) is 3.09. The predicted molar refractivity (Wildman–Crippen MR) is 74.2 cm³/mol. The lowest BCUT2D eigenvalue weighted by Gasteiger charge is -2.13. The monoisotopic (exact) mass is 309 g/mol. The van der Waals surface area contributed by atoms with Gasteiger partial charge >= 0.3 is 0 Å². The van der Waals surface area contributed by atoms with Gasteiger partial charge in [-0.3, -0.25) is 0 Å². The van der Waals surface area contributed by atoms with E-state index < -0.39 is 0 Å². The van der Waals surface area contributed by atoms with E-state index in [4.69, 9.17) is 0 Å². The van der Waals surface area contributed by atoms with Crippen LogP contribution < -0.4 is 0 Å². The minimum absolute atomic E-state index is 0.0965. The molecular weight excluding hydrogens is 294 g/mol. The van der Waals surface area contributed by atoms with E-state index in [2.05, 4.69) is 46.0 Å². The van der Waals surface area contributed by atoms with Gasteiger partial charge in [-0.1, -0.05) is 22.0 Å². The second kappa shape index (κ2) is 5.20. The van der Waals surface area contributed by atoms with Gasteiger partial charge in [0.05, 0.1) is 0 Å². The Kier molecular flexibility index (Phi) is 3.82. The molecule has 2 aromatic rings. The van der Waals surface area contributed by atoms with Crippen LogP contribution in [0.15, 0.2) is 22.7 Å². The zero-order valence-corrected chi connectivity index (χ0v) is 12.3. The highest BCUT2D eigenvalue weighted by molar-refractivity contribution is 9.10. The molecule has 0 saturated carbocycles. The van der Waals surface area contributed by atoms with Crippen LogP contribution in [0.5, 0.6) is 0 Å². The maximum Gasteiger partial charge on any atom is 0.164 e. The van der Waals surface area contributed by atoms with Crippen LogP contribution in [0.4, 0.5) is 0 Å². The molecule has 0 saturated heterocycles. The van der Waals surface area contributed by atoms with Crippen molar-refractivity contribution in [3.05, 3.63) is 34.1 Å². The van der Waals surface area contributed by atoms with Crippen molar-refractivity contribution in [1.82, 2.24) is 14.8 Å². The summed E-state index contributed by atoms with van der Waals surface area (Å²) in [7, 11) is 0. The van der Waals surface area contributed by atoms with Gasteiger partial charge in [0.25, 0.3) is 0 Å². The molecule has 0 fully saturated rings. The fraction of sp³-hybridized carbons (Fsp3) is 0.385. The van der Waals surface area contributed by atoms with Crippen LogP contribution in [-0.2, 0) is 6.61 Å². The molecule has 0 unspecified atom stereocenters. The van der Waals surface area contributed by atoms with E-state index >= 15 is 0 Å². The van der Waals surface area contributed by atoms with E-state index in [1.54, 1.807) is 0 Å². The van der Waals surface area contributed by atoms with Crippen LogP contribution in [0.3, 0.4) is 0 Å². The SMILES string of the molecule is Cc1cc(-c2nnc(CO)n2C(C)C)ccc1Br. The van der Waals surface area contributed by atoms with Gasteiger partial charge in [-0.2, -0.15) is 0 Å². The Bertz CT molecular complexity index is 563. The van der Waals surface area contributed by atoms with Gasteiger partial charge in [-0.25, -0.2) is 0 Å². The summed E-state index contributed by atoms with van der Waals surface area (Å²) < 4.78 is 3.03. The third-order valence-corrected chi connectivity index (χ3v) is 3.73. The van der Waals surface area contributed by atoms with Gasteiger partial charge in [0.15, 0.2) is 11.6 Å². The number of halogens is 1. The van der Waals surface area contributed by atoms with Crippen LogP contribution in [0.25, 0.3) is 11.4 Å². The molecule has 96 valence electrons. The van der Waals surface area contributed by atoms with Gasteiger partial charge in [0.1, 0.15) is 6.61 Å². The molecule has 0 amide bonds. The van der Waals surface area contributed by atoms with E-state index in [0.29, 0.717) is 5.82 Å². The number of rotatable bonds is 3. The van der Waals surface area contributed by atoms with Gasteiger partial charge < -0.3 is 9.67 Å². The van der Waals surface area contributed by atoms with E-state index in [9.17, 15) is 5.11 Å². The Morgan fingerprint density at radius 1 is 1.33 bits per heavy atom. The largest absolute Gasteiger partial charge is 0.388 e. The molecule has 0 aliphatic rings. The average Bonchev–Trinajstić information content (AvgIpc) is 2.76.